The highest BCUT2D eigenvalue weighted by atomic mass is 32.2. The molecule has 6 rings (SSSR count). The van der Waals surface area contributed by atoms with Crippen LogP contribution in [0.4, 0.5) is 0 Å². The standard InChI is InChI=1S/C25H17BO2S/c27-26(28)16-13-14-18-17-7-1-2-8-19(17)25(22(18)15-16)20-9-3-5-11-23(20)29-24-12-6-4-10-21(24)25/h1-15,27-28H. The second kappa shape index (κ2) is 6.10. The predicted molar refractivity (Wildman–Crippen MR) is 118 cm³/mol. The maximum atomic E-state index is 9.90. The number of fused-ring (bicyclic) bond motifs is 9. The van der Waals surface area contributed by atoms with Crippen molar-refractivity contribution in [1.82, 2.24) is 0 Å². The number of rotatable bonds is 1. The van der Waals surface area contributed by atoms with Crippen molar-refractivity contribution in [2.75, 3.05) is 0 Å². The third kappa shape index (κ3) is 2.17. The molecule has 0 amide bonds. The van der Waals surface area contributed by atoms with E-state index in [0.717, 1.165) is 11.1 Å². The van der Waals surface area contributed by atoms with Gasteiger partial charge >= 0.3 is 7.12 Å². The molecular formula is C25H17BO2S. The third-order valence-corrected chi connectivity index (χ3v) is 7.32. The Morgan fingerprint density at radius 1 is 0.586 bits per heavy atom. The summed E-state index contributed by atoms with van der Waals surface area (Å²) in [6.45, 7) is 0. The van der Waals surface area contributed by atoms with Gasteiger partial charge in [-0.1, -0.05) is 90.6 Å². The van der Waals surface area contributed by atoms with E-state index in [1.165, 1.54) is 32.0 Å². The first-order valence-corrected chi connectivity index (χ1v) is 10.5. The van der Waals surface area contributed by atoms with E-state index in [9.17, 15) is 10.0 Å². The summed E-state index contributed by atoms with van der Waals surface area (Å²) in [5.41, 5.74) is 7.28. The average Bonchev–Trinajstić information content (AvgIpc) is 3.05. The van der Waals surface area contributed by atoms with Crippen LogP contribution in [0, 0.1) is 0 Å². The lowest BCUT2D eigenvalue weighted by molar-refractivity contribution is 0.425. The van der Waals surface area contributed by atoms with Crippen LogP contribution in [-0.4, -0.2) is 17.2 Å². The van der Waals surface area contributed by atoms with Gasteiger partial charge in [0, 0.05) is 9.79 Å². The molecule has 138 valence electrons. The van der Waals surface area contributed by atoms with Gasteiger partial charge in [0.25, 0.3) is 0 Å². The molecule has 0 radical (unpaired) electrons. The van der Waals surface area contributed by atoms with E-state index < -0.39 is 12.5 Å². The minimum absolute atomic E-state index is 0.463. The zero-order valence-electron chi connectivity index (χ0n) is 15.5. The molecule has 1 spiro atoms. The van der Waals surface area contributed by atoms with E-state index in [-0.39, 0.29) is 0 Å². The quantitative estimate of drug-likeness (QED) is 0.412. The Balaban J connectivity index is 1.83. The first-order valence-electron chi connectivity index (χ1n) is 9.68. The van der Waals surface area contributed by atoms with Gasteiger partial charge in [-0.05, 0) is 51.0 Å². The smallest absolute Gasteiger partial charge is 0.423 e. The molecule has 0 atom stereocenters. The van der Waals surface area contributed by atoms with Crippen molar-refractivity contribution in [1.29, 1.82) is 0 Å². The lowest BCUT2D eigenvalue weighted by Crippen LogP contribution is -2.35. The highest BCUT2D eigenvalue weighted by molar-refractivity contribution is 7.99. The monoisotopic (exact) mass is 392 g/mol. The van der Waals surface area contributed by atoms with Gasteiger partial charge in [-0.25, -0.2) is 0 Å². The Morgan fingerprint density at radius 2 is 1.14 bits per heavy atom. The van der Waals surface area contributed by atoms with E-state index in [1.54, 1.807) is 11.8 Å². The average molecular weight is 392 g/mol. The summed E-state index contributed by atoms with van der Waals surface area (Å²) < 4.78 is 0. The zero-order chi connectivity index (χ0) is 19.6. The maximum absolute atomic E-state index is 9.90. The van der Waals surface area contributed by atoms with Crippen molar-refractivity contribution in [2.24, 2.45) is 0 Å². The normalized spacial score (nSPS) is 14.7. The van der Waals surface area contributed by atoms with E-state index in [0.29, 0.717) is 5.46 Å². The molecule has 0 unspecified atom stereocenters. The van der Waals surface area contributed by atoms with Gasteiger partial charge in [-0.3, -0.25) is 0 Å². The van der Waals surface area contributed by atoms with Crippen LogP contribution >= 0.6 is 11.8 Å². The van der Waals surface area contributed by atoms with Crippen LogP contribution in [0.3, 0.4) is 0 Å². The number of hydrogen-bond acceptors (Lipinski definition) is 3. The van der Waals surface area contributed by atoms with Crippen molar-refractivity contribution >= 4 is 24.3 Å². The molecule has 0 aromatic heterocycles. The van der Waals surface area contributed by atoms with Crippen LogP contribution in [0.2, 0.25) is 0 Å². The summed E-state index contributed by atoms with van der Waals surface area (Å²) in [5, 5.41) is 19.8. The summed E-state index contributed by atoms with van der Waals surface area (Å²) in [5.74, 6) is 0. The summed E-state index contributed by atoms with van der Waals surface area (Å²) in [6, 6.07) is 31.5. The first kappa shape index (κ1) is 17.1. The lowest BCUT2D eigenvalue weighted by atomic mass is 9.66. The van der Waals surface area contributed by atoms with Crippen LogP contribution in [0.1, 0.15) is 22.3 Å². The van der Waals surface area contributed by atoms with E-state index in [1.807, 2.05) is 18.2 Å². The summed E-state index contributed by atoms with van der Waals surface area (Å²) in [6.07, 6.45) is 0. The van der Waals surface area contributed by atoms with Gasteiger partial charge in [0.05, 0.1) is 5.41 Å². The number of benzene rings is 4. The van der Waals surface area contributed by atoms with Crippen LogP contribution in [0.25, 0.3) is 11.1 Å². The van der Waals surface area contributed by atoms with Crippen LogP contribution < -0.4 is 5.46 Å². The molecule has 0 fully saturated rings. The van der Waals surface area contributed by atoms with Gasteiger partial charge in [0.1, 0.15) is 0 Å². The highest BCUT2D eigenvalue weighted by Gasteiger charge is 2.50. The zero-order valence-corrected chi connectivity index (χ0v) is 16.4. The van der Waals surface area contributed by atoms with E-state index in [4.69, 9.17) is 0 Å². The van der Waals surface area contributed by atoms with Crippen molar-refractivity contribution < 1.29 is 10.0 Å². The highest BCUT2D eigenvalue weighted by Crippen LogP contribution is 2.61. The molecule has 29 heavy (non-hydrogen) atoms. The summed E-state index contributed by atoms with van der Waals surface area (Å²) >= 11 is 1.80. The lowest BCUT2D eigenvalue weighted by Gasteiger charge is -2.39. The molecule has 0 saturated carbocycles. The van der Waals surface area contributed by atoms with Crippen LogP contribution in [0.15, 0.2) is 101 Å². The predicted octanol–water partition coefficient (Wildman–Crippen LogP) is 4.19. The van der Waals surface area contributed by atoms with Crippen LogP contribution in [0.5, 0.6) is 0 Å². The van der Waals surface area contributed by atoms with Crippen molar-refractivity contribution in [3.05, 3.63) is 113 Å². The number of hydrogen-bond donors (Lipinski definition) is 2. The molecule has 0 bridgehead atoms. The first-order chi connectivity index (χ1) is 14.2. The molecule has 1 aliphatic heterocycles. The van der Waals surface area contributed by atoms with Crippen molar-refractivity contribution in [3.8, 4) is 11.1 Å². The Kier molecular flexibility index (Phi) is 3.60. The SMILES string of the molecule is OB(O)c1ccc2c(c1)C1(c3ccccc3Sc3ccccc31)c1ccccc1-2. The topological polar surface area (TPSA) is 40.5 Å². The summed E-state index contributed by atoms with van der Waals surface area (Å²) in [4.78, 5) is 2.48. The minimum Gasteiger partial charge on any atom is -0.423 e. The molecular weight excluding hydrogens is 375 g/mol. The van der Waals surface area contributed by atoms with Gasteiger partial charge < -0.3 is 10.0 Å². The maximum Gasteiger partial charge on any atom is 0.488 e. The van der Waals surface area contributed by atoms with Gasteiger partial charge in [0.2, 0.25) is 0 Å². The second-order valence-electron chi connectivity index (χ2n) is 7.57. The fourth-order valence-corrected chi connectivity index (χ4v) is 6.22. The Morgan fingerprint density at radius 3 is 1.79 bits per heavy atom. The van der Waals surface area contributed by atoms with Gasteiger partial charge in [0.15, 0.2) is 0 Å². The minimum atomic E-state index is -1.50. The van der Waals surface area contributed by atoms with Gasteiger partial charge in [-0.2, -0.15) is 0 Å². The fourth-order valence-electron chi connectivity index (χ4n) is 5.03. The Labute approximate surface area is 174 Å². The molecule has 4 aromatic rings. The van der Waals surface area contributed by atoms with Crippen molar-refractivity contribution in [3.63, 3.8) is 0 Å². The van der Waals surface area contributed by atoms with Gasteiger partial charge in [-0.15, -0.1) is 0 Å². The Bertz CT molecular complexity index is 1240. The Hall–Kier alpha value is -2.79. The van der Waals surface area contributed by atoms with Crippen molar-refractivity contribution in [2.45, 2.75) is 15.2 Å². The summed E-state index contributed by atoms with van der Waals surface area (Å²) in [7, 11) is -1.50. The molecule has 4 aromatic carbocycles. The second-order valence-corrected chi connectivity index (χ2v) is 8.65. The molecule has 2 nitrogen and oxygen atoms in total. The largest absolute Gasteiger partial charge is 0.488 e. The molecule has 1 heterocycles. The molecule has 1 aliphatic carbocycles. The molecule has 0 saturated heterocycles. The fraction of sp³-hybridized carbons (Fsp3) is 0.0400. The third-order valence-electron chi connectivity index (χ3n) is 6.17. The van der Waals surface area contributed by atoms with E-state index in [2.05, 4.69) is 72.8 Å². The molecule has 2 aliphatic rings. The molecule has 4 heteroatoms. The molecule has 2 N–H and O–H groups in total. The van der Waals surface area contributed by atoms with Crippen LogP contribution in [-0.2, 0) is 5.41 Å². The van der Waals surface area contributed by atoms with E-state index >= 15 is 0 Å².